The monoisotopic (exact) mass is 260 g/mol. The van der Waals surface area contributed by atoms with E-state index in [1.807, 2.05) is 0 Å². The second-order valence-electron chi connectivity index (χ2n) is 3.91. The summed E-state index contributed by atoms with van der Waals surface area (Å²) in [7, 11) is 0. The molecule has 7 nitrogen and oxygen atoms in total. The average molecular weight is 260 g/mol. The average Bonchev–Trinajstić information content (AvgIpc) is 2.76. The molecule has 2 aromatic heterocycles. The highest BCUT2D eigenvalue weighted by Crippen LogP contribution is 2.06. The van der Waals surface area contributed by atoms with Crippen LogP contribution in [0.2, 0.25) is 0 Å². The molecular weight excluding hydrogens is 248 g/mol. The molecule has 0 unspecified atom stereocenters. The number of aliphatic carboxylic acids is 1. The maximum absolute atomic E-state index is 11.7. The van der Waals surface area contributed by atoms with Gasteiger partial charge in [0, 0.05) is 18.6 Å². The van der Waals surface area contributed by atoms with Crippen LogP contribution in [0, 0.1) is 0 Å². The maximum Gasteiger partial charge on any atom is 0.325 e. The van der Waals surface area contributed by atoms with Gasteiger partial charge in [-0.25, -0.2) is 0 Å². The van der Waals surface area contributed by atoms with Crippen LogP contribution in [0.4, 0.5) is 5.69 Å². The lowest BCUT2D eigenvalue weighted by Gasteiger charge is -2.01. The number of pyridine rings is 1. The third-order valence-corrected chi connectivity index (χ3v) is 2.30. The molecule has 0 fully saturated rings. The van der Waals surface area contributed by atoms with Crippen LogP contribution >= 0.6 is 0 Å². The Morgan fingerprint density at radius 1 is 1.37 bits per heavy atom. The zero-order valence-electron chi connectivity index (χ0n) is 9.98. The first-order chi connectivity index (χ1) is 9.13. The van der Waals surface area contributed by atoms with E-state index in [4.69, 9.17) is 5.11 Å². The second-order valence-corrected chi connectivity index (χ2v) is 3.91. The van der Waals surface area contributed by atoms with E-state index < -0.39 is 5.97 Å². The third-order valence-electron chi connectivity index (χ3n) is 2.30. The second kappa shape index (κ2) is 5.76. The molecule has 0 aliphatic heterocycles. The summed E-state index contributed by atoms with van der Waals surface area (Å²) in [6.45, 7) is -0.238. The molecule has 0 radical (unpaired) electrons. The predicted octanol–water partition coefficient (Wildman–Crippen LogP) is 0.544. The van der Waals surface area contributed by atoms with Gasteiger partial charge in [-0.3, -0.25) is 19.3 Å². The number of hydrogen-bond donors (Lipinski definition) is 2. The van der Waals surface area contributed by atoms with E-state index in [1.54, 1.807) is 24.5 Å². The third kappa shape index (κ3) is 3.91. The molecule has 2 rings (SSSR count). The molecule has 0 aromatic carbocycles. The van der Waals surface area contributed by atoms with Crippen molar-refractivity contribution < 1.29 is 14.7 Å². The fourth-order valence-corrected chi connectivity index (χ4v) is 1.55. The molecule has 2 heterocycles. The summed E-state index contributed by atoms with van der Waals surface area (Å²) in [5.41, 5.74) is 1.27. The van der Waals surface area contributed by atoms with E-state index in [1.165, 1.54) is 17.1 Å². The standard InChI is InChI=1S/C12H12N4O3/c17-11(4-9-2-1-3-13-5-9)15-10-6-14-16(7-10)8-12(18)19/h1-3,5-7H,4,8H2,(H,15,17)(H,18,19). The smallest absolute Gasteiger partial charge is 0.325 e. The summed E-state index contributed by atoms with van der Waals surface area (Å²) >= 11 is 0. The molecule has 98 valence electrons. The van der Waals surface area contributed by atoms with E-state index >= 15 is 0 Å². The summed E-state index contributed by atoms with van der Waals surface area (Å²) in [4.78, 5) is 26.1. The van der Waals surface area contributed by atoms with Crippen molar-refractivity contribution in [1.29, 1.82) is 0 Å². The molecule has 0 spiro atoms. The number of carbonyl (C=O) groups excluding carboxylic acids is 1. The quantitative estimate of drug-likeness (QED) is 0.818. The number of amides is 1. The highest BCUT2D eigenvalue weighted by Gasteiger charge is 2.07. The van der Waals surface area contributed by atoms with E-state index in [9.17, 15) is 9.59 Å². The molecule has 19 heavy (non-hydrogen) atoms. The van der Waals surface area contributed by atoms with E-state index in [0.29, 0.717) is 5.69 Å². The minimum absolute atomic E-state index is 0.206. The predicted molar refractivity (Wildman–Crippen MR) is 66.4 cm³/mol. The lowest BCUT2D eigenvalue weighted by atomic mass is 10.2. The molecule has 0 aliphatic rings. The van der Waals surface area contributed by atoms with Crippen molar-refractivity contribution in [3.63, 3.8) is 0 Å². The number of rotatable bonds is 5. The first-order valence-corrected chi connectivity index (χ1v) is 5.56. The summed E-state index contributed by atoms with van der Waals surface area (Å²) in [6, 6.07) is 3.56. The molecule has 0 aliphatic carbocycles. The lowest BCUT2D eigenvalue weighted by molar-refractivity contribution is -0.137. The molecule has 0 saturated carbocycles. The summed E-state index contributed by atoms with van der Waals surface area (Å²) < 4.78 is 1.24. The zero-order valence-corrected chi connectivity index (χ0v) is 9.98. The number of aromatic nitrogens is 3. The Morgan fingerprint density at radius 3 is 2.89 bits per heavy atom. The zero-order chi connectivity index (χ0) is 13.7. The van der Waals surface area contributed by atoms with Crippen LogP contribution in [-0.2, 0) is 22.6 Å². The van der Waals surface area contributed by atoms with Crippen LogP contribution in [0.1, 0.15) is 5.56 Å². The molecule has 1 amide bonds. The van der Waals surface area contributed by atoms with Gasteiger partial charge in [0.15, 0.2) is 0 Å². The Balaban J connectivity index is 1.92. The van der Waals surface area contributed by atoms with Crippen molar-refractivity contribution in [3.8, 4) is 0 Å². The minimum atomic E-state index is -0.990. The van der Waals surface area contributed by atoms with Gasteiger partial charge in [0.2, 0.25) is 5.91 Å². The van der Waals surface area contributed by atoms with Crippen LogP contribution in [0.25, 0.3) is 0 Å². The van der Waals surface area contributed by atoms with Crippen molar-refractivity contribution in [2.45, 2.75) is 13.0 Å². The highest BCUT2D eigenvalue weighted by molar-refractivity contribution is 5.91. The van der Waals surface area contributed by atoms with Crippen molar-refractivity contribution in [2.24, 2.45) is 0 Å². The summed E-state index contributed by atoms with van der Waals surface area (Å²) in [6.07, 6.45) is 6.34. The van der Waals surface area contributed by atoms with Gasteiger partial charge in [-0.05, 0) is 11.6 Å². The van der Waals surface area contributed by atoms with Crippen LogP contribution in [0.5, 0.6) is 0 Å². The number of hydrogen-bond acceptors (Lipinski definition) is 4. The van der Waals surface area contributed by atoms with Crippen LogP contribution in [0.3, 0.4) is 0 Å². The molecular formula is C12H12N4O3. The SMILES string of the molecule is O=C(O)Cn1cc(NC(=O)Cc2cccnc2)cn1. The molecule has 0 bridgehead atoms. The van der Waals surface area contributed by atoms with Gasteiger partial charge in [0.05, 0.1) is 18.3 Å². The number of nitrogens with zero attached hydrogens (tertiary/aromatic N) is 3. The van der Waals surface area contributed by atoms with Gasteiger partial charge >= 0.3 is 5.97 Å². The van der Waals surface area contributed by atoms with Crippen molar-refractivity contribution in [1.82, 2.24) is 14.8 Å². The Kier molecular flexibility index (Phi) is 3.87. The first-order valence-electron chi connectivity index (χ1n) is 5.56. The molecule has 2 aromatic rings. The van der Waals surface area contributed by atoms with Gasteiger partial charge in [0.1, 0.15) is 6.54 Å². The molecule has 7 heteroatoms. The Bertz CT molecular complexity index is 580. The first kappa shape index (κ1) is 12.7. The van der Waals surface area contributed by atoms with Crippen molar-refractivity contribution in [3.05, 3.63) is 42.5 Å². The largest absolute Gasteiger partial charge is 0.480 e. The topological polar surface area (TPSA) is 97.1 Å². The molecule has 0 saturated heterocycles. The number of carbonyl (C=O) groups is 2. The van der Waals surface area contributed by atoms with Gasteiger partial charge in [0.25, 0.3) is 0 Å². The fourth-order valence-electron chi connectivity index (χ4n) is 1.55. The van der Waals surface area contributed by atoms with Gasteiger partial charge in [-0.15, -0.1) is 0 Å². The van der Waals surface area contributed by atoms with Crippen LogP contribution < -0.4 is 5.32 Å². The lowest BCUT2D eigenvalue weighted by Crippen LogP contribution is -2.14. The minimum Gasteiger partial charge on any atom is -0.480 e. The fraction of sp³-hybridized carbons (Fsp3) is 0.167. The number of carboxylic acid groups (broad SMARTS) is 1. The number of nitrogens with one attached hydrogen (secondary N) is 1. The van der Waals surface area contributed by atoms with Crippen LogP contribution in [-0.4, -0.2) is 31.7 Å². The normalized spacial score (nSPS) is 10.1. The summed E-state index contributed by atoms with van der Waals surface area (Å²) in [5, 5.41) is 15.1. The van der Waals surface area contributed by atoms with Gasteiger partial charge < -0.3 is 10.4 Å². The van der Waals surface area contributed by atoms with Crippen LogP contribution in [0.15, 0.2) is 36.9 Å². The van der Waals surface area contributed by atoms with Crippen molar-refractivity contribution >= 4 is 17.6 Å². The Morgan fingerprint density at radius 2 is 2.21 bits per heavy atom. The summed E-state index contributed by atoms with van der Waals surface area (Å²) in [5.74, 6) is -1.20. The van der Waals surface area contributed by atoms with E-state index in [-0.39, 0.29) is 18.9 Å². The van der Waals surface area contributed by atoms with Gasteiger partial charge in [-0.1, -0.05) is 6.07 Å². The number of carboxylic acids is 1. The Hall–Kier alpha value is -2.70. The van der Waals surface area contributed by atoms with E-state index in [0.717, 1.165) is 5.56 Å². The van der Waals surface area contributed by atoms with Crippen molar-refractivity contribution in [2.75, 3.05) is 5.32 Å². The molecule has 0 atom stereocenters. The molecule has 2 N–H and O–H groups in total. The Labute approximate surface area is 108 Å². The number of anilines is 1. The van der Waals surface area contributed by atoms with E-state index in [2.05, 4.69) is 15.4 Å². The maximum atomic E-state index is 11.7. The highest BCUT2D eigenvalue weighted by atomic mass is 16.4. The van der Waals surface area contributed by atoms with Gasteiger partial charge in [-0.2, -0.15) is 5.10 Å².